The monoisotopic (exact) mass is 265 g/mol. The van der Waals surface area contributed by atoms with Crippen LogP contribution in [0.15, 0.2) is 12.1 Å². The van der Waals surface area contributed by atoms with Crippen LogP contribution < -0.4 is 11.1 Å². The highest BCUT2D eigenvalue weighted by Crippen LogP contribution is 2.21. The maximum Gasteiger partial charge on any atom is 0.339 e. The number of aryl methyl sites for hydroxylation is 1. The molecule has 0 radical (unpaired) electrons. The third-order valence-corrected chi connectivity index (χ3v) is 3.63. The Labute approximate surface area is 114 Å². The van der Waals surface area contributed by atoms with Gasteiger partial charge in [-0.3, -0.25) is 0 Å². The number of carbonyl (C=O) groups is 1. The van der Waals surface area contributed by atoms with E-state index in [2.05, 4.69) is 24.1 Å². The molecule has 0 bridgehead atoms. The minimum Gasteiger partial charge on any atom is -0.465 e. The van der Waals surface area contributed by atoms with E-state index in [1.54, 1.807) is 19.1 Å². The molecule has 0 amide bonds. The molecule has 106 valence electrons. The maximum atomic E-state index is 11.5. The van der Waals surface area contributed by atoms with E-state index < -0.39 is 0 Å². The predicted molar refractivity (Wildman–Crippen MR) is 76.3 cm³/mol. The number of nitrogens with two attached hydrogens (primary N) is 1. The van der Waals surface area contributed by atoms with Crippen molar-refractivity contribution in [3.05, 3.63) is 23.4 Å². The normalized spacial score (nSPS) is 11.2. The summed E-state index contributed by atoms with van der Waals surface area (Å²) >= 11 is 0. The molecule has 0 spiro atoms. The summed E-state index contributed by atoms with van der Waals surface area (Å²) in [7, 11) is 1.36. The van der Waals surface area contributed by atoms with Gasteiger partial charge >= 0.3 is 5.97 Å². The molecule has 1 aromatic heterocycles. The molecule has 5 heteroatoms. The van der Waals surface area contributed by atoms with Gasteiger partial charge in [0.05, 0.1) is 23.9 Å². The standard InChI is InChI=1S/C14H23N3O2/c1-5-14(6-2,9-15)17-12-8-7-11(10(3)16-12)13(18)19-4/h7-8H,5-6,9,15H2,1-4H3,(H,16,17). The summed E-state index contributed by atoms with van der Waals surface area (Å²) in [5, 5.41) is 3.38. The molecular formula is C14H23N3O2. The zero-order chi connectivity index (χ0) is 14.5. The molecule has 0 aliphatic rings. The Balaban J connectivity index is 2.98. The predicted octanol–water partition coefficient (Wildman–Crippen LogP) is 2.11. The van der Waals surface area contributed by atoms with Crippen molar-refractivity contribution in [2.45, 2.75) is 39.2 Å². The van der Waals surface area contributed by atoms with Crippen LogP contribution in [0.5, 0.6) is 0 Å². The lowest BCUT2D eigenvalue weighted by Crippen LogP contribution is -2.44. The number of methoxy groups -OCH3 is 1. The van der Waals surface area contributed by atoms with Crippen LogP contribution in [0.1, 0.15) is 42.7 Å². The molecule has 1 aromatic rings. The van der Waals surface area contributed by atoms with E-state index in [1.165, 1.54) is 7.11 Å². The van der Waals surface area contributed by atoms with Crippen LogP contribution >= 0.6 is 0 Å². The summed E-state index contributed by atoms with van der Waals surface area (Å²) in [5.41, 5.74) is 6.84. The van der Waals surface area contributed by atoms with Crippen LogP contribution in [0.4, 0.5) is 5.82 Å². The smallest absolute Gasteiger partial charge is 0.339 e. The SMILES string of the molecule is CCC(CC)(CN)Nc1ccc(C(=O)OC)c(C)n1. The molecule has 0 aliphatic carbocycles. The largest absolute Gasteiger partial charge is 0.465 e. The topological polar surface area (TPSA) is 77.2 Å². The van der Waals surface area contributed by atoms with Crippen molar-refractivity contribution in [2.24, 2.45) is 5.73 Å². The summed E-state index contributed by atoms with van der Waals surface area (Å²) in [6, 6.07) is 3.51. The number of aromatic nitrogens is 1. The highest BCUT2D eigenvalue weighted by atomic mass is 16.5. The molecule has 5 nitrogen and oxygen atoms in total. The summed E-state index contributed by atoms with van der Waals surface area (Å²) in [5.74, 6) is 0.368. The second kappa shape index (κ2) is 6.52. The van der Waals surface area contributed by atoms with Crippen molar-refractivity contribution in [2.75, 3.05) is 19.0 Å². The first-order chi connectivity index (χ1) is 9.01. The van der Waals surface area contributed by atoms with E-state index in [0.717, 1.165) is 18.7 Å². The number of nitrogens with zero attached hydrogens (tertiary/aromatic N) is 1. The Morgan fingerprint density at radius 3 is 2.47 bits per heavy atom. The highest BCUT2D eigenvalue weighted by molar-refractivity contribution is 5.90. The summed E-state index contributed by atoms with van der Waals surface area (Å²) < 4.78 is 4.70. The second-order valence-electron chi connectivity index (χ2n) is 4.64. The third-order valence-electron chi connectivity index (χ3n) is 3.63. The van der Waals surface area contributed by atoms with Crippen molar-refractivity contribution in [3.8, 4) is 0 Å². The van der Waals surface area contributed by atoms with E-state index >= 15 is 0 Å². The lowest BCUT2D eigenvalue weighted by atomic mass is 9.93. The summed E-state index contributed by atoms with van der Waals surface area (Å²) in [6.07, 6.45) is 1.83. The number of pyridine rings is 1. The van der Waals surface area contributed by atoms with Gasteiger partial charge in [0.25, 0.3) is 0 Å². The van der Waals surface area contributed by atoms with Gasteiger partial charge in [0.2, 0.25) is 0 Å². The van der Waals surface area contributed by atoms with Crippen LogP contribution in [-0.2, 0) is 4.74 Å². The van der Waals surface area contributed by atoms with Gasteiger partial charge in [-0.05, 0) is 31.9 Å². The molecule has 0 saturated carbocycles. The number of rotatable bonds is 6. The molecule has 0 atom stereocenters. The van der Waals surface area contributed by atoms with E-state index in [9.17, 15) is 4.79 Å². The molecule has 1 rings (SSSR count). The molecule has 19 heavy (non-hydrogen) atoms. The molecule has 3 N–H and O–H groups in total. The second-order valence-corrected chi connectivity index (χ2v) is 4.64. The van der Waals surface area contributed by atoms with Gasteiger partial charge in [0.1, 0.15) is 5.82 Å². The number of nitrogens with one attached hydrogen (secondary N) is 1. The van der Waals surface area contributed by atoms with Crippen LogP contribution in [0, 0.1) is 6.92 Å². The fourth-order valence-corrected chi connectivity index (χ4v) is 1.99. The zero-order valence-corrected chi connectivity index (χ0v) is 12.1. The number of esters is 1. The Hall–Kier alpha value is -1.62. The van der Waals surface area contributed by atoms with E-state index in [4.69, 9.17) is 10.5 Å². The highest BCUT2D eigenvalue weighted by Gasteiger charge is 2.24. The van der Waals surface area contributed by atoms with Crippen molar-refractivity contribution in [3.63, 3.8) is 0 Å². The summed E-state index contributed by atoms with van der Waals surface area (Å²) in [4.78, 5) is 15.9. The lowest BCUT2D eigenvalue weighted by molar-refractivity contribution is 0.0599. The fourth-order valence-electron chi connectivity index (χ4n) is 1.99. The molecule has 0 aromatic carbocycles. The number of hydrogen-bond acceptors (Lipinski definition) is 5. The van der Waals surface area contributed by atoms with Gasteiger partial charge < -0.3 is 15.8 Å². The molecule has 0 unspecified atom stereocenters. The first kappa shape index (κ1) is 15.4. The minimum absolute atomic E-state index is 0.147. The fraction of sp³-hybridized carbons (Fsp3) is 0.571. The van der Waals surface area contributed by atoms with Crippen molar-refractivity contribution >= 4 is 11.8 Å². The average molecular weight is 265 g/mol. The molecule has 0 fully saturated rings. The first-order valence-electron chi connectivity index (χ1n) is 6.56. The van der Waals surface area contributed by atoms with Crippen molar-refractivity contribution in [1.82, 2.24) is 4.98 Å². The Morgan fingerprint density at radius 1 is 1.42 bits per heavy atom. The van der Waals surface area contributed by atoms with Crippen LogP contribution in [0.2, 0.25) is 0 Å². The van der Waals surface area contributed by atoms with E-state index in [1.807, 2.05) is 0 Å². The van der Waals surface area contributed by atoms with Crippen molar-refractivity contribution < 1.29 is 9.53 Å². The van der Waals surface area contributed by atoms with Gasteiger partial charge in [0, 0.05) is 6.54 Å². The van der Waals surface area contributed by atoms with E-state index in [-0.39, 0.29) is 11.5 Å². The van der Waals surface area contributed by atoms with Gasteiger partial charge in [-0.1, -0.05) is 13.8 Å². The Kier molecular flexibility index (Phi) is 5.30. The molecule has 0 aliphatic heterocycles. The van der Waals surface area contributed by atoms with Crippen LogP contribution in [0.25, 0.3) is 0 Å². The molecular weight excluding hydrogens is 242 g/mol. The number of carbonyl (C=O) groups excluding carboxylic acids is 1. The first-order valence-corrected chi connectivity index (χ1v) is 6.56. The Bertz CT molecular complexity index is 434. The maximum absolute atomic E-state index is 11.5. The third kappa shape index (κ3) is 3.44. The van der Waals surface area contributed by atoms with Crippen molar-refractivity contribution in [1.29, 1.82) is 0 Å². The minimum atomic E-state index is -0.368. The number of ether oxygens (including phenoxy) is 1. The lowest BCUT2D eigenvalue weighted by Gasteiger charge is -2.32. The van der Waals surface area contributed by atoms with E-state index in [0.29, 0.717) is 17.8 Å². The van der Waals surface area contributed by atoms with Gasteiger partial charge in [-0.15, -0.1) is 0 Å². The van der Waals surface area contributed by atoms with Gasteiger partial charge in [0.15, 0.2) is 0 Å². The molecule has 0 saturated heterocycles. The number of anilines is 1. The molecule has 1 heterocycles. The quantitative estimate of drug-likeness (QED) is 0.770. The van der Waals surface area contributed by atoms with Gasteiger partial charge in [-0.2, -0.15) is 0 Å². The van der Waals surface area contributed by atoms with Crippen LogP contribution in [-0.4, -0.2) is 30.1 Å². The Morgan fingerprint density at radius 2 is 2.05 bits per heavy atom. The summed E-state index contributed by atoms with van der Waals surface area (Å²) in [6.45, 7) is 6.52. The van der Waals surface area contributed by atoms with Crippen LogP contribution in [0.3, 0.4) is 0 Å². The van der Waals surface area contributed by atoms with Gasteiger partial charge in [-0.25, -0.2) is 9.78 Å². The average Bonchev–Trinajstić information content (AvgIpc) is 2.44. The number of hydrogen-bond donors (Lipinski definition) is 2. The zero-order valence-electron chi connectivity index (χ0n) is 12.1.